The quantitative estimate of drug-likeness (QED) is 0.796. The maximum Gasteiger partial charge on any atom is 0.257 e. The standard InChI is InChI=1S/C15H24N2O2/c1-5-11(2)12(3)17-13-7-6-8-14(9-13)19-10-15(18)16-4/h6-9,11-12,17H,5,10H2,1-4H3,(H,16,18). The van der Waals surface area contributed by atoms with Crippen molar-refractivity contribution >= 4 is 11.6 Å². The maximum atomic E-state index is 11.1. The number of hydrogen-bond acceptors (Lipinski definition) is 3. The molecule has 0 fully saturated rings. The van der Waals surface area contributed by atoms with Crippen LogP contribution in [-0.2, 0) is 4.79 Å². The Balaban J connectivity index is 2.59. The lowest BCUT2D eigenvalue weighted by Crippen LogP contribution is -2.25. The highest BCUT2D eigenvalue weighted by atomic mass is 16.5. The van der Waals surface area contributed by atoms with E-state index in [0.717, 1.165) is 12.1 Å². The molecule has 0 saturated carbocycles. The fourth-order valence-corrected chi connectivity index (χ4v) is 1.66. The number of benzene rings is 1. The molecule has 19 heavy (non-hydrogen) atoms. The molecule has 0 aromatic heterocycles. The molecule has 1 rings (SSSR count). The Morgan fingerprint density at radius 2 is 2.11 bits per heavy atom. The lowest BCUT2D eigenvalue weighted by Gasteiger charge is -2.21. The van der Waals surface area contributed by atoms with Crippen molar-refractivity contribution in [2.24, 2.45) is 5.92 Å². The van der Waals surface area contributed by atoms with Crippen molar-refractivity contribution in [3.63, 3.8) is 0 Å². The second-order valence-electron chi connectivity index (χ2n) is 4.81. The van der Waals surface area contributed by atoms with Gasteiger partial charge in [-0.2, -0.15) is 0 Å². The number of ether oxygens (including phenoxy) is 1. The maximum absolute atomic E-state index is 11.1. The Bertz CT molecular complexity index is 407. The summed E-state index contributed by atoms with van der Waals surface area (Å²) in [6.45, 7) is 6.63. The summed E-state index contributed by atoms with van der Waals surface area (Å²) in [7, 11) is 1.59. The van der Waals surface area contributed by atoms with Crippen LogP contribution in [-0.4, -0.2) is 25.6 Å². The van der Waals surface area contributed by atoms with Gasteiger partial charge in [-0.05, 0) is 25.0 Å². The van der Waals surface area contributed by atoms with E-state index >= 15 is 0 Å². The van der Waals surface area contributed by atoms with E-state index in [9.17, 15) is 4.79 Å². The van der Waals surface area contributed by atoms with Gasteiger partial charge in [-0.25, -0.2) is 0 Å². The molecular weight excluding hydrogens is 240 g/mol. The normalized spacial score (nSPS) is 13.5. The third-order valence-corrected chi connectivity index (χ3v) is 3.37. The van der Waals surface area contributed by atoms with Crippen LogP contribution in [0.5, 0.6) is 5.75 Å². The molecule has 1 aromatic rings. The third kappa shape index (κ3) is 5.20. The van der Waals surface area contributed by atoms with Crippen molar-refractivity contribution in [3.8, 4) is 5.75 Å². The summed E-state index contributed by atoms with van der Waals surface area (Å²) in [5, 5.41) is 5.98. The predicted molar refractivity (Wildman–Crippen MR) is 78.5 cm³/mol. The average molecular weight is 264 g/mol. The molecule has 2 N–H and O–H groups in total. The first-order valence-electron chi connectivity index (χ1n) is 6.76. The molecule has 0 aliphatic rings. The first-order valence-corrected chi connectivity index (χ1v) is 6.76. The molecule has 1 amide bonds. The van der Waals surface area contributed by atoms with Gasteiger partial charge in [0.2, 0.25) is 0 Å². The summed E-state index contributed by atoms with van der Waals surface area (Å²) < 4.78 is 5.42. The van der Waals surface area contributed by atoms with E-state index in [2.05, 4.69) is 31.4 Å². The molecule has 0 aliphatic heterocycles. The number of nitrogens with one attached hydrogen (secondary N) is 2. The van der Waals surface area contributed by atoms with Crippen LogP contribution in [0.1, 0.15) is 27.2 Å². The van der Waals surface area contributed by atoms with E-state index in [1.807, 2.05) is 24.3 Å². The fourth-order valence-electron chi connectivity index (χ4n) is 1.66. The van der Waals surface area contributed by atoms with Crippen LogP contribution in [0.4, 0.5) is 5.69 Å². The van der Waals surface area contributed by atoms with Gasteiger partial charge in [-0.15, -0.1) is 0 Å². The first kappa shape index (κ1) is 15.3. The summed E-state index contributed by atoms with van der Waals surface area (Å²) in [6, 6.07) is 8.10. The smallest absolute Gasteiger partial charge is 0.257 e. The van der Waals surface area contributed by atoms with Crippen LogP contribution in [0.2, 0.25) is 0 Å². The lowest BCUT2D eigenvalue weighted by atomic mass is 10.0. The van der Waals surface area contributed by atoms with Gasteiger partial charge < -0.3 is 15.4 Å². The summed E-state index contributed by atoms with van der Waals surface area (Å²) >= 11 is 0. The van der Waals surface area contributed by atoms with Crippen LogP contribution >= 0.6 is 0 Å². The van der Waals surface area contributed by atoms with Gasteiger partial charge in [0.1, 0.15) is 5.75 Å². The summed E-state index contributed by atoms with van der Waals surface area (Å²) in [6.07, 6.45) is 1.14. The van der Waals surface area contributed by atoms with Gasteiger partial charge in [0.15, 0.2) is 6.61 Å². The van der Waals surface area contributed by atoms with E-state index < -0.39 is 0 Å². The van der Waals surface area contributed by atoms with Crippen molar-refractivity contribution in [2.45, 2.75) is 33.2 Å². The van der Waals surface area contributed by atoms with E-state index in [1.54, 1.807) is 7.05 Å². The number of carbonyl (C=O) groups is 1. The van der Waals surface area contributed by atoms with E-state index in [0.29, 0.717) is 17.7 Å². The zero-order valence-corrected chi connectivity index (χ0v) is 12.2. The van der Waals surface area contributed by atoms with Crippen molar-refractivity contribution in [2.75, 3.05) is 19.0 Å². The van der Waals surface area contributed by atoms with Gasteiger partial charge in [0.25, 0.3) is 5.91 Å². The second-order valence-corrected chi connectivity index (χ2v) is 4.81. The minimum atomic E-state index is -0.133. The molecule has 2 atom stereocenters. The molecule has 0 heterocycles. The Labute approximate surface area is 115 Å². The summed E-state index contributed by atoms with van der Waals surface area (Å²) in [5.41, 5.74) is 1.02. The monoisotopic (exact) mass is 264 g/mol. The minimum Gasteiger partial charge on any atom is -0.484 e. The average Bonchev–Trinajstić information content (AvgIpc) is 2.44. The molecule has 106 valence electrons. The van der Waals surface area contributed by atoms with Crippen LogP contribution in [0, 0.1) is 5.92 Å². The zero-order chi connectivity index (χ0) is 14.3. The molecule has 4 nitrogen and oxygen atoms in total. The van der Waals surface area contributed by atoms with Crippen molar-refractivity contribution in [1.29, 1.82) is 0 Å². The molecule has 0 spiro atoms. The topological polar surface area (TPSA) is 50.4 Å². The van der Waals surface area contributed by atoms with Gasteiger partial charge in [-0.3, -0.25) is 4.79 Å². The van der Waals surface area contributed by atoms with E-state index in [4.69, 9.17) is 4.74 Å². The second kappa shape index (κ2) is 7.67. The summed E-state index contributed by atoms with van der Waals surface area (Å²) in [4.78, 5) is 11.1. The number of carbonyl (C=O) groups excluding carboxylic acids is 1. The Hall–Kier alpha value is -1.71. The molecular formula is C15H24N2O2. The Morgan fingerprint density at radius 3 is 2.74 bits per heavy atom. The largest absolute Gasteiger partial charge is 0.484 e. The van der Waals surface area contributed by atoms with Crippen molar-refractivity contribution in [3.05, 3.63) is 24.3 Å². The van der Waals surface area contributed by atoms with Gasteiger partial charge in [0, 0.05) is 24.8 Å². The molecule has 0 saturated heterocycles. The molecule has 1 aromatic carbocycles. The highest BCUT2D eigenvalue weighted by Gasteiger charge is 2.10. The fraction of sp³-hybridized carbons (Fsp3) is 0.533. The SMILES string of the molecule is CCC(C)C(C)Nc1cccc(OCC(=O)NC)c1. The van der Waals surface area contributed by atoms with Crippen LogP contribution in [0.15, 0.2) is 24.3 Å². The van der Waals surface area contributed by atoms with E-state index in [-0.39, 0.29) is 12.5 Å². The van der Waals surface area contributed by atoms with Gasteiger partial charge in [0.05, 0.1) is 0 Å². The number of anilines is 1. The Kier molecular flexibility index (Phi) is 6.19. The molecule has 4 heteroatoms. The first-order chi connectivity index (χ1) is 9.06. The highest BCUT2D eigenvalue weighted by Crippen LogP contribution is 2.20. The summed E-state index contributed by atoms with van der Waals surface area (Å²) in [5.74, 6) is 1.17. The van der Waals surface area contributed by atoms with E-state index in [1.165, 1.54) is 0 Å². The number of rotatable bonds is 7. The predicted octanol–water partition coefficient (Wildman–Crippen LogP) is 2.66. The molecule has 0 bridgehead atoms. The van der Waals surface area contributed by atoms with Crippen molar-refractivity contribution < 1.29 is 9.53 Å². The molecule has 2 unspecified atom stereocenters. The van der Waals surface area contributed by atoms with Gasteiger partial charge >= 0.3 is 0 Å². The lowest BCUT2D eigenvalue weighted by molar-refractivity contribution is -0.122. The minimum absolute atomic E-state index is 0.0425. The number of likely N-dealkylation sites (N-methyl/N-ethyl adjacent to an activating group) is 1. The van der Waals surface area contributed by atoms with Gasteiger partial charge in [-0.1, -0.05) is 26.3 Å². The van der Waals surface area contributed by atoms with Crippen LogP contribution < -0.4 is 15.4 Å². The highest BCUT2D eigenvalue weighted by molar-refractivity contribution is 5.77. The zero-order valence-electron chi connectivity index (χ0n) is 12.2. The molecule has 0 aliphatic carbocycles. The number of hydrogen-bond donors (Lipinski definition) is 2. The van der Waals surface area contributed by atoms with Crippen LogP contribution in [0.25, 0.3) is 0 Å². The van der Waals surface area contributed by atoms with Crippen LogP contribution in [0.3, 0.4) is 0 Å². The van der Waals surface area contributed by atoms with Crippen molar-refractivity contribution in [1.82, 2.24) is 5.32 Å². The molecule has 0 radical (unpaired) electrons. The third-order valence-electron chi connectivity index (χ3n) is 3.37. The Morgan fingerprint density at radius 1 is 1.37 bits per heavy atom. The number of amides is 1.